The van der Waals surface area contributed by atoms with E-state index >= 15 is 0 Å². The maximum atomic E-state index is 13.3. The number of carbonyl (C=O) groups is 1. The fourth-order valence-electron chi connectivity index (χ4n) is 3.31. The van der Waals surface area contributed by atoms with E-state index < -0.39 is 5.97 Å². The number of rotatable bonds is 5. The largest absolute Gasteiger partial charge is 0.460 e. The van der Waals surface area contributed by atoms with Gasteiger partial charge in [-0.25, -0.2) is 14.2 Å². The summed E-state index contributed by atoms with van der Waals surface area (Å²) in [5, 5.41) is 8.05. The summed E-state index contributed by atoms with van der Waals surface area (Å²) in [5.41, 5.74) is 1.37. The highest BCUT2D eigenvalue weighted by atomic mass is 19.1. The summed E-state index contributed by atoms with van der Waals surface area (Å²) in [6.45, 7) is 1.94. The predicted octanol–water partition coefficient (Wildman–Crippen LogP) is 3.96. The molecule has 0 radical (unpaired) electrons. The van der Waals surface area contributed by atoms with Gasteiger partial charge in [-0.2, -0.15) is 4.98 Å². The molecule has 1 aromatic carbocycles. The third kappa shape index (κ3) is 3.47. The zero-order valence-corrected chi connectivity index (χ0v) is 14.9. The zero-order chi connectivity index (χ0) is 18.8. The van der Waals surface area contributed by atoms with Crippen molar-refractivity contribution in [1.29, 1.82) is 0 Å². The van der Waals surface area contributed by atoms with Crippen molar-refractivity contribution < 1.29 is 18.4 Å². The Labute approximate surface area is 154 Å². The van der Waals surface area contributed by atoms with Crippen molar-refractivity contribution in [2.24, 2.45) is 0 Å². The van der Waals surface area contributed by atoms with Crippen LogP contribution in [0.5, 0.6) is 0 Å². The van der Waals surface area contributed by atoms with Crippen molar-refractivity contribution in [2.75, 3.05) is 11.9 Å². The summed E-state index contributed by atoms with van der Waals surface area (Å²) in [5.74, 6) is -0.549. The minimum absolute atomic E-state index is 0.0772. The van der Waals surface area contributed by atoms with Gasteiger partial charge in [-0.1, -0.05) is 18.0 Å². The van der Waals surface area contributed by atoms with Gasteiger partial charge in [0.1, 0.15) is 22.7 Å². The van der Waals surface area contributed by atoms with E-state index in [1.165, 1.54) is 12.1 Å². The molecule has 3 aromatic rings. The third-order valence-electron chi connectivity index (χ3n) is 4.61. The number of aromatic nitrogens is 3. The maximum Gasteiger partial charge on any atom is 0.376 e. The summed E-state index contributed by atoms with van der Waals surface area (Å²) in [4.78, 5) is 20.7. The molecule has 1 aliphatic carbocycles. The number of ether oxygens (including phenoxy) is 1. The van der Waals surface area contributed by atoms with E-state index in [4.69, 9.17) is 9.26 Å². The van der Waals surface area contributed by atoms with Gasteiger partial charge in [-0.05, 0) is 44.0 Å². The standard InChI is InChI=1S/C19H19FN4O3/c1-2-26-19(25)17-22-16(21-13-5-3-4-6-13)14-15(24-27-18(14)23-17)11-7-9-12(20)10-8-11/h7-10,13H,2-6H2,1H3,(H,21,22,23). The molecule has 1 saturated carbocycles. The molecule has 0 atom stereocenters. The molecule has 0 aliphatic heterocycles. The Morgan fingerprint density at radius 1 is 1.26 bits per heavy atom. The minimum atomic E-state index is -0.617. The maximum absolute atomic E-state index is 13.3. The quantitative estimate of drug-likeness (QED) is 0.680. The van der Waals surface area contributed by atoms with Crippen LogP contribution in [0.2, 0.25) is 0 Å². The second-order valence-corrected chi connectivity index (χ2v) is 6.46. The minimum Gasteiger partial charge on any atom is -0.460 e. The highest BCUT2D eigenvalue weighted by Gasteiger charge is 2.24. The van der Waals surface area contributed by atoms with Gasteiger partial charge in [-0.15, -0.1) is 0 Å². The number of hydrogen-bond donors (Lipinski definition) is 1. The molecule has 140 valence electrons. The molecule has 8 heteroatoms. The van der Waals surface area contributed by atoms with Gasteiger partial charge in [0.15, 0.2) is 0 Å². The topological polar surface area (TPSA) is 90.1 Å². The van der Waals surface area contributed by atoms with Gasteiger partial charge >= 0.3 is 5.97 Å². The number of anilines is 1. The first-order chi connectivity index (χ1) is 13.2. The molecule has 1 fully saturated rings. The number of hydrogen-bond acceptors (Lipinski definition) is 7. The van der Waals surface area contributed by atoms with Gasteiger partial charge in [0, 0.05) is 11.6 Å². The van der Waals surface area contributed by atoms with Crippen LogP contribution in [0.25, 0.3) is 22.4 Å². The van der Waals surface area contributed by atoms with Crippen LogP contribution in [0, 0.1) is 5.82 Å². The Balaban J connectivity index is 1.83. The molecule has 0 saturated heterocycles. The lowest BCUT2D eigenvalue weighted by Crippen LogP contribution is -2.18. The summed E-state index contributed by atoms with van der Waals surface area (Å²) in [7, 11) is 0. The second kappa shape index (κ2) is 7.30. The van der Waals surface area contributed by atoms with Crippen LogP contribution in [-0.2, 0) is 4.74 Å². The van der Waals surface area contributed by atoms with Crippen LogP contribution in [0.15, 0.2) is 28.8 Å². The van der Waals surface area contributed by atoms with Gasteiger partial charge in [0.05, 0.1) is 6.61 Å². The normalized spacial score (nSPS) is 14.6. The molecule has 1 N–H and O–H groups in total. The molecular formula is C19H19FN4O3. The fourth-order valence-corrected chi connectivity index (χ4v) is 3.31. The summed E-state index contributed by atoms with van der Waals surface area (Å²) in [6, 6.07) is 6.20. The molecule has 7 nitrogen and oxygen atoms in total. The van der Waals surface area contributed by atoms with Gasteiger partial charge in [0.2, 0.25) is 5.82 Å². The average Bonchev–Trinajstić information content (AvgIpc) is 3.32. The Kier molecular flexibility index (Phi) is 4.70. The van der Waals surface area contributed by atoms with E-state index in [0.717, 1.165) is 25.7 Å². The van der Waals surface area contributed by atoms with E-state index in [9.17, 15) is 9.18 Å². The molecule has 1 aliphatic rings. The van der Waals surface area contributed by atoms with E-state index in [1.807, 2.05) is 0 Å². The molecule has 2 heterocycles. The fraction of sp³-hybridized carbons (Fsp3) is 0.368. The first-order valence-corrected chi connectivity index (χ1v) is 9.02. The van der Waals surface area contributed by atoms with Crippen molar-refractivity contribution in [3.8, 4) is 11.3 Å². The number of fused-ring (bicyclic) bond motifs is 1. The number of nitrogens with one attached hydrogen (secondary N) is 1. The average molecular weight is 370 g/mol. The smallest absolute Gasteiger partial charge is 0.376 e. The monoisotopic (exact) mass is 370 g/mol. The van der Waals surface area contributed by atoms with Crippen LogP contribution in [-0.4, -0.2) is 33.7 Å². The molecule has 4 rings (SSSR count). The lowest BCUT2D eigenvalue weighted by atomic mass is 10.1. The van der Waals surface area contributed by atoms with E-state index in [-0.39, 0.29) is 30.0 Å². The van der Waals surface area contributed by atoms with Gasteiger partial charge in [0.25, 0.3) is 5.71 Å². The van der Waals surface area contributed by atoms with Crippen molar-refractivity contribution in [3.63, 3.8) is 0 Å². The van der Waals surface area contributed by atoms with Gasteiger partial charge in [-0.3, -0.25) is 0 Å². The highest BCUT2D eigenvalue weighted by Crippen LogP contribution is 2.33. The molecule has 0 spiro atoms. The van der Waals surface area contributed by atoms with Crippen LogP contribution in [0.1, 0.15) is 43.2 Å². The van der Waals surface area contributed by atoms with Gasteiger partial charge < -0.3 is 14.6 Å². The Hall–Kier alpha value is -3.03. The number of esters is 1. The van der Waals surface area contributed by atoms with Crippen molar-refractivity contribution >= 4 is 22.9 Å². The number of benzene rings is 1. The van der Waals surface area contributed by atoms with Crippen LogP contribution in [0.3, 0.4) is 0 Å². The third-order valence-corrected chi connectivity index (χ3v) is 4.61. The van der Waals surface area contributed by atoms with E-state index in [1.54, 1.807) is 19.1 Å². The summed E-state index contributed by atoms with van der Waals surface area (Å²) >= 11 is 0. The van der Waals surface area contributed by atoms with E-state index in [2.05, 4.69) is 20.4 Å². The molecular weight excluding hydrogens is 351 g/mol. The SMILES string of the molecule is CCOC(=O)c1nc(NC2CCCC2)c2c(-c3ccc(F)cc3)noc2n1. The van der Waals surface area contributed by atoms with Crippen LogP contribution < -0.4 is 5.32 Å². The predicted molar refractivity (Wildman–Crippen MR) is 96.8 cm³/mol. The lowest BCUT2D eigenvalue weighted by molar-refractivity contribution is 0.0512. The zero-order valence-electron chi connectivity index (χ0n) is 14.9. The van der Waals surface area contributed by atoms with Crippen molar-refractivity contribution in [2.45, 2.75) is 38.6 Å². The highest BCUT2D eigenvalue weighted by molar-refractivity contribution is 5.99. The Bertz CT molecular complexity index is 965. The first-order valence-electron chi connectivity index (χ1n) is 9.02. The molecule has 0 unspecified atom stereocenters. The second-order valence-electron chi connectivity index (χ2n) is 6.46. The summed E-state index contributed by atoms with van der Waals surface area (Å²) in [6.07, 6.45) is 4.34. The number of halogens is 1. The van der Waals surface area contributed by atoms with Crippen molar-refractivity contribution in [1.82, 2.24) is 15.1 Å². The lowest BCUT2D eigenvalue weighted by Gasteiger charge is -2.14. The summed E-state index contributed by atoms with van der Waals surface area (Å²) < 4.78 is 23.7. The molecule has 27 heavy (non-hydrogen) atoms. The van der Waals surface area contributed by atoms with Crippen molar-refractivity contribution in [3.05, 3.63) is 35.9 Å². The number of carbonyl (C=O) groups excluding carboxylic acids is 1. The Morgan fingerprint density at radius 3 is 2.70 bits per heavy atom. The van der Waals surface area contributed by atoms with E-state index in [0.29, 0.717) is 22.5 Å². The molecule has 2 aromatic heterocycles. The number of nitrogens with zero attached hydrogens (tertiary/aromatic N) is 3. The van der Waals surface area contributed by atoms with Crippen LogP contribution in [0.4, 0.5) is 10.2 Å². The first kappa shape index (κ1) is 17.4. The Morgan fingerprint density at radius 2 is 2.00 bits per heavy atom. The van der Waals surface area contributed by atoms with Crippen LogP contribution >= 0.6 is 0 Å². The molecule has 0 amide bonds. The molecule has 0 bridgehead atoms.